The Morgan fingerprint density at radius 3 is 2.35 bits per heavy atom. The van der Waals surface area contributed by atoms with E-state index in [1.807, 2.05) is 43.3 Å². The molecule has 17 heavy (non-hydrogen) atoms. The summed E-state index contributed by atoms with van der Waals surface area (Å²) in [4.78, 5) is 0. The molecular weight excluding hydrogens is 214 g/mol. The predicted octanol–water partition coefficient (Wildman–Crippen LogP) is 3.63. The highest BCUT2D eigenvalue weighted by molar-refractivity contribution is 5.47. The Bertz CT molecular complexity index is 535. The SMILES string of the molecule is C=[N+]([O-])c1ccc(Oc2ccccc2)cc1C. The van der Waals surface area contributed by atoms with Gasteiger partial charge in [-0.15, -0.1) is 0 Å². The van der Waals surface area contributed by atoms with Gasteiger partial charge in [0.1, 0.15) is 18.2 Å². The van der Waals surface area contributed by atoms with Gasteiger partial charge in [0.05, 0.1) is 0 Å². The van der Waals surface area contributed by atoms with Crippen molar-refractivity contribution in [3.05, 3.63) is 59.3 Å². The average molecular weight is 227 g/mol. The van der Waals surface area contributed by atoms with Crippen LogP contribution in [0.4, 0.5) is 5.69 Å². The number of ether oxygens (including phenoxy) is 1. The lowest BCUT2D eigenvalue weighted by Gasteiger charge is -2.08. The topological polar surface area (TPSA) is 35.3 Å². The fraction of sp³-hybridized carbons (Fsp3) is 0.0714. The standard InChI is InChI=1S/C14H13NO2/c1-11-10-13(8-9-14(11)15(2)16)17-12-6-4-3-5-7-12/h3-10H,2H2,1H3. The molecule has 0 heterocycles. The molecule has 0 atom stereocenters. The van der Waals surface area contributed by atoms with Crippen molar-refractivity contribution in [3.63, 3.8) is 0 Å². The van der Waals surface area contributed by atoms with Crippen LogP contribution in [0.5, 0.6) is 11.5 Å². The first-order valence-electron chi connectivity index (χ1n) is 5.28. The first-order valence-corrected chi connectivity index (χ1v) is 5.28. The highest BCUT2D eigenvalue weighted by atomic mass is 16.5. The second kappa shape index (κ2) is 4.70. The number of nitrogens with zero attached hydrogens (tertiary/aromatic N) is 1. The van der Waals surface area contributed by atoms with Crippen LogP contribution in [-0.4, -0.2) is 11.5 Å². The first kappa shape index (κ1) is 11.2. The Kier molecular flexibility index (Phi) is 3.10. The maximum absolute atomic E-state index is 11.1. The van der Waals surface area contributed by atoms with E-state index in [1.54, 1.807) is 12.1 Å². The second-order valence-electron chi connectivity index (χ2n) is 3.74. The number of hydrogen-bond acceptors (Lipinski definition) is 2. The van der Waals surface area contributed by atoms with Crippen LogP contribution in [0.15, 0.2) is 48.5 Å². The van der Waals surface area contributed by atoms with Gasteiger partial charge in [-0.2, -0.15) is 4.74 Å². The molecule has 2 aromatic rings. The van der Waals surface area contributed by atoms with Crippen molar-refractivity contribution in [2.24, 2.45) is 0 Å². The highest BCUT2D eigenvalue weighted by Crippen LogP contribution is 2.26. The summed E-state index contributed by atoms with van der Waals surface area (Å²) in [5.41, 5.74) is 1.38. The lowest BCUT2D eigenvalue weighted by Crippen LogP contribution is -1.93. The normalized spacial score (nSPS) is 9.94. The molecule has 0 saturated carbocycles. The van der Waals surface area contributed by atoms with E-state index in [-0.39, 0.29) is 0 Å². The Hall–Kier alpha value is -2.29. The van der Waals surface area contributed by atoms with Crippen LogP contribution in [0.3, 0.4) is 0 Å². The van der Waals surface area contributed by atoms with Crippen LogP contribution >= 0.6 is 0 Å². The number of hydrogen-bond donors (Lipinski definition) is 0. The molecule has 0 bridgehead atoms. The van der Waals surface area contributed by atoms with Gasteiger partial charge < -0.3 is 9.94 Å². The van der Waals surface area contributed by atoms with Gasteiger partial charge in [-0.25, -0.2) is 0 Å². The van der Waals surface area contributed by atoms with Gasteiger partial charge in [0, 0.05) is 11.6 Å². The molecular formula is C14H13NO2. The third kappa shape index (κ3) is 2.64. The molecule has 0 aliphatic heterocycles. The average Bonchev–Trinajstić information content (AvgIpc) is 2.30. The molecule has 86 valence electrons. The monoisotopic (exact) mass is 227 g/mol. The van der Waals surface area contributed by atoms with Crippen LogP contribution < -0.4 is 4.74 Å². The van der Waals surface area contributed by atoms with E-state index in [0.717, 1.165) is 11.3 Å². The first-order chi connectivity index (χ1) is 8.16. The molecule has 0 radical (unpaired) electrons. The molecule has 0 spiro atoms. The summed E-state index contributed by atoms with van der Waals surface area (Å²) < 4.78 is 6.25. The van der Waals surface area contributed by atoms with E-state index >= 15 is 0 Å². The minimum Gasteiger partial charge on any atom is -0.619 e. The summed E-state index contributed by atoms with van der Waals surface area (Å²) in [7, 11) is 0. The van der Waals surface area contributed by atoms with Gasteiger partial charge in [0.2, 0.25) is 5.69 Å². The zero-order chi connectivity index (χ0) is 12.3. The molecule has 0 aromatic heterocycles. The third-order valence-corrected chi connectivity index (χ3v) is 2.42. The predicted molar refractivity (Wildman–Crippen MR) is 68.1 cm³/mol. The van der Waals surface area contributed by atoms with Crippen LogP contribution in [0, 0.1) is 12.1 Å². The zero-order valence-electron chi connectivity index (χ0n) is 9.59. The summed E-state index contributed by atoms with van der Waals surface area (Å²) in [6.45, 7) is 5.17. The lowest BCUT2D eigenvalue weighted by molar-refractivity contribution is -0.350. The van der Waals surface area contributed by atoms with Gasteiger partial charge in [-0.1, -0.05) is 18.2 Å². The summed E-state index contributed by atoms with van der Waals surface area (Å²) in [5.74, 6) is 1.48. The minimum atomic E-state index is 0.547. The van der Waals surface area contributed by atoms with E-state index in [4.69, 9.17) is 4.74 Å². The molecule has 2 aromatic carbocycles. The molecule has 3 nitrogen and oxygen atoms in total. The van der Waals surface area contributed by atoms with Gasteiger partial charge in [0.15, 0.2) is 0 Å². The summed E-state index contributed by atoms with van der Waals surface area (Å²) in [6, 6.07) is 14.8. The van der Waals surface area contributed by atoms with Crippen molar-refractivity contribution < 1.29 is 9.48 Å². The van der Waals surface area contributed by atoms with E-state index in [2.05, 4.69) is 6.72 Å². The Morgan fingerprint density at radius 2 is 1.76 bits per heavy atom. The molecule has 3 heteroatoms. The fourth-order valence-corrected chi connectivity index (χ4v) is 1.60. The van der Waals surface area contributed by atoms with Crippen molar-refractivity contribution >= 4 is 12.4 Å². The van der Waals surface area contributed by atoms with Crippen LogP contribution in [0.2, 0.25) is 0 Å². The van der Waals surface area contributed by atoms with Crippen LogP contribution in [0.25, 0.3) is 0 Å². The summed E-state index contributed by atoms with van der Waals surface area (Å²) >= 11 is 0. The molecule has 0 aliphatic rings. The van der Waals surface area contributed by atoms with Crippen LogP contribution in [-0.2, 0) is 0 Å². The minimum absolute atomic E-state index is 0.547. The van der Waals surface area contributed by atoms with Gasteiger partial charge in [-0.3, -0.25) is 0 Å². The molecule has 0 unspecified atom stereocenters. The Balaban J connectivity index is 2.24. The second-order valence-corrected chi connectivity index (χ2v) is 3.74. The third-order valence-electron chi connectivity index (χ3n) is 2.42. The fourth-order valence-electron chi connectivity index (χ4n) is 1.60. The van der Waals surface area contributed by atoms with Crippen molar-refractivity contribution in [3.8, 4) is 11.5 Å². The zero-order valence-corrected chi connectivity index (χ0v) is 9.59. The maximum atomic E-state index is 11.1. The maximum Gasteiger partial charge on any atom is 0.219 e. The van der Waals surface area contributed by atoms with Crippen molar-refractivity contribution in [2.75, 3.05) is 0 Å². The molecule has 0 amide bonds. The summed E-state index contributed by atoms with van der Waals surface area (Å²) in [6.07, 6.45) is 0. The van der Waals surface area contributed by atoms with E-state index in [0.29, 0.717) is 16.2 Å². The van der Waals surface area contributed by atoms with E-state index < -0.39 is 0 Å². The quantitative estimate of drug-likeness (QED) is 0.347. The number of para-hydroxylation sites is 1. The molecule has 0 aliphatic carbocycles. The van der Waals surface area contributed by atoms with Crippen molar-refractivity contribution in [1.82, 2.24) is 0 Å². The van der Waals surface area contributed by atoms with E-state index in [9.17, 15) is 5.21 Å². The lowest BCUT2D eigenvalue weighted by atomic mass is 10.2. The van der Waals surface area contributed by atoms with Crippen molar-refractivity contribution in [1.29, 1.82) is 0 Å². The molecule has 2 rings (SSSR count). The highest BCUT2D eigenvalue weighted by Gasteiger charge is 2.06. The largest absolute Gasteiger partial charge is 0.619 e. The van der Waals surface area contributed by atoms with Gasteiger partial charge in [-0.05, 0) is 31.2 Å². The Morgan fingerprint density at radius 1 is 1.06 bits per heavy atom. The molecule has 0 fully saturated rings. The smallest absolute Gasteiger partial charge is 0.219 e. The van der Waals surface area contributed by atoms with E-state index in [1.165, 1.54) is 0 Å². The number of aryl methyl sites for hydroxylation is 1. The number of benzene rings is 2. The Labute approximate surface area is 100 Å². The van der Waals surface area contributed by atoms with Gasteiger partial charge in [0.25, 0.3) is 0 Å². The molecule has 0 N–H and O–H groups in total. The summed E-state index contributed by atoms with van der Waals surface area (Å²) in [5, 5.41) is 11.1. The van der Waals surface area contributed by atoms with Crippen molar-refractivity contribution in [2.45, 2.75) is 6.92 Å². The molecule has 0 saturated heterocycles. The van der Waals surface area contributed by atoms with Gasteiger partial charge >= 0.3 is 0 Å². The number of rotatable bonds is 3. The van der Waals surface area contributed by atoms with Crippen LogP contribution in [0.1, 0.15) is 5.56 Å².